The molecule has 0 bridgehead atoms. The molecule has 0 saturated carbocycles. The molecule has 1 aliphatic rings. The quantitative estimate of drug-likeness (QED) is 0.564. The molecule has 174 valence electrons. The normalized spacial score (nSPS) is 17.2. The maximum atomic E-state index is 13.1. The van der Waals surface area contributed by atoms with Crippen LogP contribution in [0.4, 0.5) is 4.39 Å². The highest BCUT2D eigenvalue weighted by atomic mass is 32.2. The van der Waals surface area contributed by atoms with Crippen molar-refractivity contribution in [2.45, 2.75) is 56.9 Å². The van der Waals surface area contributed by atoms with Crippen LogP contribution in [0.1, 0.15) is 54.9 Å². The highest BCUT2D eigenvalue weighted by molar-refractivity contribution is 7.89. The SMILES string of the molecule is Cc1ccc(S(=O)(=O)N2CCCCC2C)cc1C(=O)NCCCCOc1ccc(F)cc1. The number of sulfonamides is 1. The summed E-state index contributed by atoms with van der Waals surface area (Å²) in [6, 6.07) is 10.6. The fourth-order valence-electron chi connectivity index (χ4n) is 3.82. The fourth-order valence-corrected chi connectivity index (χ4v) is 5.54. The third-order valence-corrected chi connectivity index (χ3v) is 7.75. The predicted octanol–water partition coefficient (Wildman–Crippen LogP) is 4.29. The lowest BCUT2D eigenvalue weighted by atomic mass is 10.1. The molecule has 1 unspecified atom stereocenters. The van der Waals surface area contributed by atoms with Crippen LogP contribution < -0.4 is 10.1 Å². The molecule has 3 rings (SSSR count). The molecular weight excluding hydrogens is 431 g/mol. The number of carbonyl (C=O) groups excluding carboxylic acids is 1. The van der Waals surface area contributed by atoms with Gasteiger partial charge in [-0.25, -0.2) is 12.8 Å². The van der Waals surface area contributed by atoms with Gasteiger partial charge in [-0.15, -0.1) is 0 Å². The van der Waals surface area contributed by atoms with E-state index in [0.29, 0.717) is 37.4 Å². The average molecular weight is 463 g/mol. The molecule has 0 aliphatic carbocycles. The van der Waals surface area contributed by atoms with Crippen molar-refractivity contribution in [1.82, 2.24) is 9.62 Å². The smallest absolute Gasteiger partial charge is 0.251 e. The molecule has 1 aliphatic heterocycles. The Labute approximate surface area is 189 Å². The first kappa shape index (κ1) is 24.2. The zero-order chi connectivity index (χ0) is 23.1. The first-order chi connectivity index (χ1) is 15.3. The van der Waals surface area contributed by atoms with E-state index in [9.17, 15) is 17.6 Å². The second-order valence-electron chi connectivity index (χ2n) is 8.20. The Morgan fingerprint density at radius 3 is 2.62 bits per heavy atom. The zero-order valence-electron chi connectivity index (χ0n) is 18.6. The molecule has 1 amide bonds. The minimum absolute atomic E-state index is 0.0375. The van der Waals surface area contributed by atoms with Crippen LogP contribution >= 0.6 is 0 Å². The molecular formula is C24H31FN2O4S. The maximum absolute atomic E-state index is 13.1. The molecule has 1 heterocycles. The third-order valence-electron chi connectivity index (χ3n) is 5.74. The van der Waals surface area contributed by atoms with E-state index in [2.05, 4.69) is 5.32 Å². The van der Waals surface area contributed by atoms with E-state index in [-0.39, 0.29) is 22.7 Å². The number of rotatable bonds is 9. The van der Waals surface area contributed by atoms with Crippen molar-refractivity contribution in [3.63, 3.8) is 0 Å². The van der Waals surface area contributed by atoms with E-state index < -0.39 is 10.0 Å². The summed E-state index contributed by atoms with van der Waals surface area (Å²) in [5, 5.41) is 2.86. The molecule has 0 spiro atoms. The molecule has 1 atom stereocenters. The Kier molecular flexibility index (Phi) is 8.26. The van der Waals surface area contributed by atoms with Gasteiger partial charge in [0.25, 0.3) is 5.91 Å². The number of aryl methyl sites for hydroxylation is 1. The second-order valence-corrected chi connectivity index (χ2v) is 10.1. The van der Waals surface area contributed by atoms with E-state index in [0.717, 1.165) is 31.2 Å². The number of amides is 1. The number of nitrogens with zero attached hydrogens (tertiary/aromatic N) is 1. The van der Waals surface area contributed by atoms with Crippen LogP contribution in [0.5, 0.6) is 5.75 Å². The van der Waals surface area contributed by atoms with Gasteiger partial charge in [0.15, 0.2) is 0 Å². The summed E-state index contributed by atoms with van der Waals surface area (Å²) in [6.45, 7) is 5.15. The Morgan fingerprint density at radius 2 is 1.91 bits per heavy atom. The van der Waals surface area contributed by atoms with Crippen molar-refractivity contribution < 1.29 is 22.3 Å². The van der Waals surface area contributed by atoms with Crippen molar-refractivity contribution in [1.29, 1.82) is 0 Å². The average Bonchev–Trinajstić information content (AvgIpc) is 2.77. The Hall–Kier alpha value is -2.45. The van der Waals surface area contributed by atoms with Crippen LogP contribution in [0, 0.1) is 12.7 Å². The second kappa shape index (κ2) is 10.9. The number of unbranched alkanes of at least 4 members (excludes halogenated alkanes) is 1. The number of nitrogens with one attached hydrogen (secondary N) is 1. The Morgan fingerprint density at radius 1 is 1.16 bits per heavy atom. The van der Waals surface area contributed by atoms with Gasteiger partial charge in [-0.2, -0.15) is 4.31 Å². The van der Waals surface area contributed by atoms with Crippen molar-refractivity contribution in [3.8, 4) is 5.75 Å². The molecule has 32 heavy (non-hydrogen) atoms. The van der Waals surface area contributed by atoms with Crippen molar-refractivity contribution in [2.75, 3.05) is 19.7 Å². The fraction of sp³-hybridized carbons (Fsp3) is 0.458. The first-order valence-electron chi connectivity index (χ1n) is 11.1. The first-order valence-corrected chi connectivity index (χ1v) is 12.5. The largest absolute Gasteiger partial charge is 0.494 e. The third kappa shape index (κ3) is 6.07. The molecule has 0 radical (unpaired) electrons. The lowest BCUT2D eigenvalue weighted by Crippen LogP contribution is -2.42. The predicted molar refractivity (Wildman–Crippen MR) is 122 cm³/mol. The molecule has 8 heteroatoms. The summed E-state index contributed by atoms with van der Waals surface area (Å²) < 4.78 is 46.2. The molecule has 0 aromatic heterocycles. The Balaban J connectivity index is 1.53. The minimum Gasteiger partial charge on any atom is -0.494 e. The lowest BCUT2D eigenvalue weighted by Gasteiger charge is -2.32. The number of piperidine rings is 1. The van der Waals surface area contributed by atoms with Gasteiger partial charge in [0.2, 0.25) is 10.0 Å². The van der Waals surface area contributed by atoms with Gasteiger partial charge in [-0.3, -0.25) is 4.79 Å². The van der Waals surface area contributed by atoms with Crippen LogP contribution in [-0.4, -0.2) is 44.4 Å². The highest BCUT2D eigenvalue weighted by Crippen LogP contribution is 2.26. The van der Waals surface area contributed by atoms with Gasteiger partial charge in [0.1, 0.15) is 11.6 Å². The minimum atomic E-state index is -3.63. The van der Waals surface area contributed by atoms with Crippen LogP contribution in [0.15, 0.2) is 47.4 Å². The van der Waals surface area contributed by atoms with Crippen molar-refractivity contribution >= 4 is 15.9 Å². The number of halogens is 1. The summed E-state index contributed by atoms with van der Waals surface area (Å²) in [5.74, 6) is 0.00969. The number of hydrogen-bond acceptors (Lipinski definition) is 4. The van der Waals surface area contributed by atoms with E-state index >= 15 is 0 Å². The van der Waals surface area contributed by atoms with Crippen molar-refractivity contribution in [3.05, 3.63) is 59.4 Å². The van der Waals surface area contributed by atoms with Gasteiger partial charge in [-0.05, 0) is 81.5 Å². The number of benzene rings is 2. The van der Waals surface area contributed by atoms with Gasteiger partial charge >= 0.3 is 0 Å². The summed E-state index contributed by atoms with van der Waals surface area (Å²) in [4.78, 5) is 12.8. The number of hydrogen-bond donors (Lipinski definition) is 1. The summed E-state index contributed by atoms with van der Waals surface area (Å²) in [6.07, 6.45) is 4.16. The zero-order valence-corrected chi connectivity index (χ0v) is 19.5. The standard InChI is InChI=1S/C24H31FN2O4S/c1-18-8-13-22(32(29,30)27-15-5-3-7-19(27)2)17-23(18)24(28)26-14-4-6-16-31-21-11-9-20(25)10-12-21/h8-13,17,19H,3-7,14-16H2,1-2H3,(H,26,28). The van der Waals surface area contributed by atoms with Gasteiger partial charge in [-0.1, -0.05) is 12.5 Å². The van der Waals surface area contributed by atoms with Crippen molar-refractivity contribution in [2.24, 2.45) is 0 Å². The van der Waals surface area contributed by atoms with E-state index in [1.54, 1.807) is 35.5 Å². The van der Waals surface area contributed by atoms with Gasteiger partial charge < -0.3 is 10.1 Å². The highest BCUT2D eigenvalue weighted by Gasteiger charge is 2.31. The van der Waals surface area contributed by atoms with E-state index in [1.807, 2.05) is 6.92 Å². The monoisotopic (exact) mass is 462 g/mol. The van der Waals surface area contributed by atoms with Gasteiger partial charge in [0, 0.05) is 24.7 Å². The van der Waals surface area contributed by atoms with Gasteiger partial charge in [0.05, 0.1) is 11.5 Å². The van der Waals surface area contributed by atoms with Crippen LogP contribution in [0.2, 0.25) is 0 Å². The summed E-state index contributed by atoms with van der Waals surface area (Å²) in [7, 11) is -3.63. The molecule has 1 fully saturated rings. The summed E-state index contributed by atoms with van der Waals surface area (Å²) in [5.41, 5.74) is 1.10. The molecule has 1 N–H and O–H groups in total. The van der Waals surface area contributed by atoms with Crippen LogP contribution in [0.25, 0.3) is 0 Å². The number of ether oxygens (including phenoxy) is 1. The van der Waals surface area contributed by atoms with Crippen LogP contribution in [-0.2, 0) is 10.0 Å². The molecule has 6 nitrogen and oxygen atoms in total. The Bertz CT molecular complexity index is 1020. The number of carbonyl (C=O) groups is 1. The van der Waals surface area contributed by atoms with E-state index in [1.165, 1.54) is 18.2 Å². The maximum Gasteiger partial charge on any atom is 0.251 e. The molecule has 1 saturated heterocycles. The molecule has 2 aromatic rings. The molecule has 2 aromatic carbocycles. The summed E-state index contributed by atoms with van der Waals surface area (Å²) >= 11 is 0. The lowest BCUT2D eigenvalue weighted by molar-refractivity contribution is 0.0951. The topological polar surface area (TPSA) is 75.7 Å². The van der Waals surface area contributed by atoms with Crippen LogP contribution in [0.3, 0.4) is 0 Å². The van der Waals surface area contributed by atoms with E-state index in [4.69, 9.17) is 4.74 Å².